The van der Waals surface area contributed by atoms with Crippen LogP contribution in [0, 0.1) is 0 Å². The predicted molar refractivity (Wildman–Crippen MR) is 94.2 cm³/mol. The summed E-state index contributed by atoms with van der Waals surface area (Å²) in [5, 5.41) is 11.4. The zero-order chi connectivity index (χ0) is 17.1. The molecule has 0 bridgehead atoms. The maximum absolute atomic E-state index is 12.8. The number of fused-ring (bicyclic) bond motifs is 1. The molecule has 0 aliphatic carbocycles. The van der Waals surface area contributed by atoms with Gasteiger partial charge in [0, 0.05) is 11.9 Å². The minimum Gasteiger partial charge on any atom is -0.480 e. The Morgan fingerprint density at radius 3 is 2.71 bits per heavy atom. The Kier molecular flexibility index (Phi) is 4.81. The first-order chi connectivity index (χ1) is 11.6. The highest BCUT2D eigenvalue weighted by Gasteiger charge is 2.32. The number of likely N-dealkylation sites (N-methyl/N-ethyl adjacent to an activating group) is 1. The van der Waals surface area contributed by atoms with Crippen LogP contribution in [0.1, 0.15) is 19.8 Å². The number of carbonyl (C=O) groups is 2. The van der Waals surface area contributed by atoms with Gasteiger partial charge in [0.1, 0.15) is 6.04 Å². The Bertz CT molecular complexity index is 754. The van der Waals surface area contributed by atoms with Crippen LogP contribution >= 0.6 is 0 Å². The van der Waals surface area contributed by atoms with Gasteiger partial charge >= 0.3 is 5.97 Å². The topological polar surface area (TPSA) is 60.9 Å². The molecule has 126 valence electrons. The lowest BCUT2D eigenvalue weighted by atomic mass is 10.1. The van der Waals surface area contributed by atoms with Crippen LogP contribution in [0.5, 0.6) is 0 Å². The minimum absolute atomic E-state index is 0.0537. The number of carbonyl (C=O) groups excluding carboxylic acids is 1. The van der Waals surface area contributed by atoms with E-state index in [0.717, 1.165) is 22.9 Å². The van der Waals surface area contributed by atoms with E-state index >= 15 is 0 Å². The quantitative estimate of drug-likeness (QED) is 0.918. The number of anilines is 1. The monoisotopic (exact) mass is 326 g/mol. The lowest BCUT2D eigenvalue weighted by Gasteiger charge is -2.27. The number of rotatable bonds is 5. The number of hydrogen-bond donors (Lipinski definition) is 1. The van der Waals surface area contributed by atoms with Crippen molar-refractivity contribution in [1.29, 1.82) is 0 Å². The highest BCUT2D eigenvalue weighted by Crippen LogP contribution is 2.27. The van der Waals surface area contributed by atoms with Gasteiger partial charge in [-0.3, -0.25) is 14.5 Å². The molecule has 1 aliphatic heterocycles. The Morgan fingerprint density at radius 2 is 1.96 bits per heavy atom. The van der Waals surface area contributed by atoms with E-state index in [4.69, 9.17) is 0 Å². The molecule has 1 atom stereocenters. The fourth-order valence-corrected chi connectivity index (χ4v) is 3.48. The van der Waals surface area contributed by atoms with Crippen LogP contribution in [0.25, 0.3) is 10.8 Å². The standard InChI is InChI=1S/C19H22N2O3/c1-2-21(16-10-5-8-14-7-3-4-9-15(14)16)18(22)13-20-12-6-11-17(20)19(23)24/h3-5,7-10,17H,2,6,11-13H2,1H3,(H,23,24). The highest BCUT2D eigenvalue weighted by atomic mass is 16.4. The Hall–Kier alpha value is -2.40. The predicted octanol–water partition coefficient (Wildman–Crippen LogP) is 2.74. The van der Waals surface area contributed by atoms with Crippen molar-refractivity contribution in [3.63, 3.8) is 0 Å². The largest absolute Gasteiger partial charge is 0.480 e. The van der Waals surface area contributed by atoms with Crippen LogP contribution in [-0.2, 0) is 9.59 Å². The molecule has 0 spiro atoms. The number of likely N-dealkylation sites (tertiary alicyclic amines) is 1. The average molecular weight is 326 g/mol. The molecule has 2 aromatic carbocycles. The molecule has 1 heterocycles. The number of carboxylic acid groups (broad SMARTS) is 1. The molecule has 1 unspecified atom stereocenters. The number of benzene rings is 2. The van der Waals surface area contributed by atoms with Gasteiger partial charge in [-0.05, 0) is 37.8 Å². The first-order valence-electron chi connectivity index (χ1n) is 8.36. The molecule has 0 aromatic heterocycles. The van der Waals surface area contributed by atoms with Crippen molar-refractivity contribution in [3.8, 4) is 0 Å². The number of hydrogen-bond acceptors (Lipinski definition) is 3. The lowest BCUT2D eigenvalue weighted by molar-refractivity contribution is -0.142. The number of amides is 1. The minimum atomic E-state index is -0.839. The third kappa shape index (κ3) is 3.12. The van der Waals surface area contributed by atoms with Gasteiger partial charge in [-0.1, -0.05) is 36.4 Å². The SMILES string of the molecule is CCN(C(=O)CN1CCCC1C(=O)O)c1cccc2ccccc12. The Balaban J connectivity index is 1.85. The van der Waals surface area contributed by atoms with Crippen LogP contribution in [0.3, 0.4) is 0 Å². The summed E-state index contributed by atoms with van der Waals surface area (Å²) < 4.78 is 0. The zero-order valence-corrected chi connectivity index (χ0v) is 13.8. The molecule has 1 amide bonds. The fourth-order valence-electron chi connectivity index (χ4n) is 3.48. The molecular formula is C19H22N2O3. The van der Waals surface area contributed by atoms with Gasteiger partial charge in [0.25, 0.3) is 0 Å². The van der Waals surface area contributed by atoms with Crippen molar-refractivity contribution in [2.75, 3.05) is 24.5 Å². The Labute approximate surface area is 141 Å². The third-order valence-electron chi connectivity index (χ3n) is 4.66. The summed E-state index contributed by atoms with van der Waals surface area (Å²) in [4.78, 5) is 27.7. The molecule has 1 fully saturated rings. The van der Waals surface area contributed by atoms with E-state index in [1.165, 1.54) is 0 Å². The second-order valence-corrected chi connectivity index (χ2v) is 6.10. The van der Waals surface area contributed by atoms with E-state index in [9.17, 15) is 14.7 Å². The van der Waals surface area contributed by atoms with Crippen molar-refractivity contribution in [2.24, 2.45) is 0 Å². The fraction of sp³-hybridized carbons (Fsp3) is 0.368. The molecule has 2 aromatic rings. The van der Waals surface area contributed by atoms with Crippen LogP contribution in [0.4, 0.5) is 5.69 Å². The maximum atomic E-state index is 12.8. The lowest BCUT2D eigenvalue weighted by Crippen LogP contribution is -2.44. The summed E-state index contributed by atoms with van der Waals surface area (Å²) in [6.45, 7) is 3.31. The van der Waals surface area contributed by atoms with Crippen LogP contribution < -0.4 is 4.90 Å². The number of aliphatic carboxylic acids is 1. The smallest absolute Gasteiger partial charge is 0.320 e. The summed E-state index contributed by atoms with van der Waals surface area (Å²) in [6.07, 6.45) is 1.44. The number of carboxylic acids is 1. The summed E-state index contributed by atoms with van der Waals surface area (Å²) in [6, 6.07) is 13.4. The van der Waals surface area contributed by atoms with E-state index in [1.807, 2.05) is 49.4 Å². The van der Waals surface area contributed by atoms with E-state index < -0.39 is 12.0 Å². The van der Waals surface area contributed by atoms with Gasteiger partial charge in [0.2, 0.25) is 5.91 Å². The number of nitrogens with zero attached hydrogens (tertiary/aromatic N) is 2. The molecular weight excluding hydrogens is 304 g/mol. The maximum Gasteiger partial charge on any atom is 0.320 e. The van der Waals surface area contributed by atoms with Crippen molar-refractivity contribution >= 4 is 28.3 Å². The van der Waals surface area contributed by atoms with E-state index in [1.54, 1.807) is 9.80 Å². The van der Waals surface area contributed by atoms with E-state index in [2.05, 4.69) is 0 Å². The van der Waals surface area contributed by atoms with Crippen molar-refractivity contribution in [1.82, 2.24) is 4.90 Å². The molecule has 0 saturated carbocycles. The summed E-state index contributed by atoms with van der Waals surface area (Å²) in [5.74, 6) is -0.893. The van der Waals surface area contributed by atoms with Crippen LogP contribution in [-0.4, -0.2) is 47.6 Å². The molecule has 24 heavy (non-hydrogen) atoms. The van der Waals surface area contributed by atoms with Gasteiger partial charge in [0.05, 0.1) is 12.2 Å². The third-order valence-corrected chi connectivity index (χ3v) is 4.66. The molecule has 1 saturated heterocycles. The molecule has 1 N–H and O–H groups in total. The second kappa shape index (κ2) is 7.01. The van der Waals surface area contributed by atoms with Crippen molar-refractivity contribution < 1.29 is 14.7 Å². The van der Waals surface area contributed by atoms with E-state index in [-0.39, 0.29) is 12.5 Å². The van der Waals surface area contributed by atoms with Gasteiger partial charge in [0.15, 0.2) is 0 Å². The summed E-state index contributed by atoms with van der Waals surface area (Å²) >= 11 is 0. The van der Waals surface area contributed by atoms with Gasteiger partial charge in [-0.25, -0.2) is 0 Å². The van der Waals surface area contributed by atoms with E-state index in [0.29, 0.717) is 19.5 Å². The van der Waals surface area contributed by atoms with Crippen molar-refractivity contribution in [2.45, 2.75) is 25.8 Å². The molecule has 0 radical (unpaired) electrons. The van der Waals surface area contributed by atoms with Crippen LogP contribution in [0.15, 0.2) is 42.5 Å². The van der Waals surface area contributed by atoms with Gasteiger partial charge < -0.3 is 10.0 Å². The molecule has 3 rings (SSSR count). The Morgan fingerprint density at radius 1 is 1.21 bits per heavy atom. The summed E-state index contributed by atoms with van der Waals surface area (Å²) in [5.41, 5.74) is 0.881. The van der Waals surface area contributed by atoms with Gasteiger partial charge in [-0.15, -0.1) is 0 Å². The van der Waals surface area contributed by atoms with Crippen molar-refractivity contribution in [3.05, 3.63) is 42.5 Å². The molecule has 5 nitrogen and oxygen atoms in total. The van der Waals surface area contributed by atoms with Crippen LogP contribution in [0.2, 0.25) is 0 Å². The highest BCUT2D eigenvalue weighted by molar-refractivity contribution is 6.04. The zero-order valence-electron chi connectivity index (χ0n) is 13.8. The first kappa shape index (κ1) is 16.5. The second-order valence-electron chi connectivity index (χ2n) is 6.10. The normalized spacial score (nSPS) is 18.0. The molecule has 5 heteroatoms. The van der Waals surface area contributed by atoms with Gasteiger partial charge in [-0.2, -0.15) is 0 Å². The first-order valence-corrected chi connectivity index (χ1v) is 8.36. The average Bonchev–Trinajstić information content (AvgIpc) is 3.04. The molecule has 1 aliphatic rings. The summed E-state index contributed by atoms with van der Waals surface area (Å²) in [7, 11) is 0.